The first-order valence-electron chi connectivity index (χ1n) is 14.1. The molecule has 6 nitrogen and oxygen atoms in total. The number of likely N-dealkylation sites (tertiary alicyclic amines) is 1. The molecule has 8 atom stereocenters. The van der Waals surface area contributed by atoms with Gasteiger partial charge in [0.15, 0.2) is 0 Å². The number of carbonyl (C=O) groups is 2. The Morgan fingerprint density at radius 1 is 1.16 bits per heavy atom. The Morgan fingerprint density at radius 3 is 2.65 bits per heavy atom. The van der Waals surface area contributed by atoms with Crippen LogP contribution in [0, 0.1) is 34.0 Å². The molecule has 4 fully saturated rings. The fourth-order valence-corrected chi connectivity index (χ4v) is 9.75. The van der Waals surface area contributed by atoms with E-state index in [-0.39, 0.29) is 46.2 Å². The second kappa shape index (κ2) is 8.33. The van der Waals surface area contributed by atoms with Crippen LogP contribution in [0.4, 0.5) is 4.79 Å². The van der Waals surface area contributed by atoms with Gasteiger partial charge in [0.1, 0.15) is 5.60 Å². The molecule has 200 valence electrons. The highest BCUT2D eigenvalue weighted by molar-refractivity contribution is 5.89. The van der Waals surface area contributed by atoms with Crippen LogP contribution >= 0.6 is 0 Å². The zero-order chi connectivity index (χ0) is 26.2. The van der Waals surface area contributed by atoms with Crippen molar-refractivity contribution < 1.29 is 24.2 Å². The number of esters is 1. The van der Waals surface area contributed by atoms with E-state index in [9.17, 15) is 14.7 Å². The van der Waals surface area contributed by atoms with Gasteiger partial charge in [0.05, 0.1) is 18.3 Å². The molecule has 1 N–H and O–H groups in total. The number of carbonyl (C=O) groups excluding carboxylic acids is 2. The molecule has 1 unspecified atom stereocenters. The van der Waals surface area contributed by atoms with E-state index in [2.05, 4.69) is 19.1 Å². The fourth-order valence-electron chi connectivity index (χ4n) is 9.75. The summed E-state index contributed by atoms with van der Waals surface area (Å²) in [4.78, 5) is 28.3. The van der Waals surface area contributed by atoms with Crippen LogP contribution in [0.25, 0.3) is 0 Å². The molecule has 1 aliphatic heterocycles. The van der Waals surface area contributed by atoms with Gasteiger partial charge in [-0.05, 0) is 87.7 Å². The Balaban J connectivity index is 1.34. The monoisotopic (exact) mass is 507 g/mol. The summed E-state index contributed by atoms with van der Waals surface area (Å²) in [6, 6.07) is 9.15. The lowest BCUT2D eigenvalue weighted by molar-refractivity contribution is -0.135. The Morgan fingerprint density at radius 2 is 1.92 bits per heavy atom. The van der Waals surface area contributed by atoms with Gasteiger partial charge < -0.3 is 19.5 Å². The van der Waals surface area contributed by atoms with Crippen molar-refractivity contribution in [3.63, 3.8) is 0 Å². The minimum absolute atomic E-state index is 0.0233. The average Bonchev–Trinajstić information content (AvgIpc) is 3.13. The predicted molar refractivity (Wildman–Crippen MR) is 140 cm³/mol. The van der Waals surface area contributed by atoms with E-state index in [1.807, 2.05) is 43.9 Å². The van der Waals surface area contributed by atoms with E-state index in [4.69, 9.17) is 9.47 Å². The van der Waals surface area contributed by atoms with Crippen LogP contribution in [0.3, 0.4) is 0 Å². The molecule has 1 amide bonds. The molecule has 6 heteroatoms. The van der Waals surface area contributed by atoms with E-state index in [0.29, 0.717) is 31.1 Å². The Bertz CT molecular complexity index is 1110. The topological polar surface area (TPSA) is 76.1 Å². The van der Waals surface area contributed by atoms with Gasteiger partial charge in [-0.2, -0.15) is 0 Å². The zero-order valence-corrected chi connectivity index (χ0v) is 22.6. The molecule has 5 aliphatic rings. The zero-order valence-electron chi connectivity index (χ0n) is 22.6. The second-order valence-electron chi connectivity index (χ2n) is 13.6. The third kappa shape index (κ3) is 3.54. The van der Waals surface area contributed by atoms with Crippen molar-refractivity contribution in [2.75, 3.05) is 13.2 Å². The molecular weight excluding hydrogens is 466 g/mol. The van der Waals surface area contributed by atoms with Crippen molar-refractivity contribution in [3.05, 3.63) is 48.0 Å². The van der Waals surface area contributed by atoms with Crippen molar-refractivity contribution in [2.45, 2.75) is 84.0 Å². The SMILES string of the molecule is CC(C)(C)OC(=O)N1C[C@]2(C)CCC[C@]34C(O)[C@H]5C=CC[C@@H]3[C@@]5(CCOC(=O)c3ccccc3)C[C@H]1[C@H]24. The molecule has 1 aromatic rings. The highest BCUT2D eigenvalue weighted by Gasteiger charge is 2.78. The number of aliphatic hydroxyl groups is 1. The van der Waals surface area contributed by atoms with Crippen LogP contribution in [0.2, 0.25) is 0 Å². The standard InChI is InChI=1S/C31H41NO5/c1-28(2,3)37-27(35)32-19-29(4)14-9-15-31-23-13-8-12-21(25(31)33)30(23,18-22(32)24(29)31)16-17-36-26(34)20-10-6-5-7-11-20/h5-8,10-12,21-25,33H,9,13-19H2,1-4H3/t21-,22+,23-,24-,25?,29+,30+,31+/m1/s1. The summed E-state index contributed by atoms with van der Waals surface area (Å²) in [5, 5.41) is 12.1. The minimum atomic E-state index is -0.556. The van der Waals surface area contributed by atoms with Crippen LogP contribution in [0.15, 0.2) is 42.5 Å². The minimum Gasteiger partial charge on any atom is -0.462 e. The van der Waals surface area contributed by atoms with Gasteiger partial charge in [0.25, 0.3) is 0 Å². The number of allylic oxidation sites excluding steroid dienone is 1. The van der Waals surface area contributed by atoms with Crippen molar-refractivity contribution in [1.82, 2.24) is 4.90 Å². The first-order valence-corrected chi connectivity index (χ1v) is 14.1. The lowest BCUT2D eigenvalue weighted by atomic mass is 9.44. The Labute approximate surface area is 220 Å². The maximum atomic E-state index is 13.5. The Hall–Kier alpha value is -2.34. The van der Waals surface area contributed by atoms with Gasteiger partial charge in [-0.15, -0.1) is 0 Å². The van der Waals surface area contributed by atoms with Gasteiger partial charge in [-0.1, -0.05) is 43.7 Å². The van der Waals surface area contributed by atoms with Crippen LogP contribution in [0.1, 0.15) is 76.6 Å². The molecule has 1 aromatic carbocycles. The van der Waals surface area contributed by atoms with Gasteiger partial charge in [-0.3, -0.25) is 0 Å². The summed E-state index contributed by atoms with van der Waals surface area (Å²) < 4.78 is 11.7. The average molecular weight is 508 g/mol. The molecule has 37 heavy (non-hydrogen) atoms. The highest BCUT2D eigenvalue weighted by atomic mass is 16.6. The van der Waals surface area contributed by atoms with E-state index < -0.39 is 11.7 Å². The van der Waals surface area contributed by atoms with E-state index in [1.165, 1.54) is 0 Å². The van der Waals surface area contributed by atoms with Gasteiger partial charge in [0.2, 0.25) is 0 Å². The molecule has 4 aliphatic carbocycles. The molecule has 4 bridgehead atoms. The summed E-state index contributed by atoms with van der Waals surface area (Å²) >= 11 is 0. The largest absolute Gasteiger partial charge is 0.462 e. The van der Waals surface area contributed by atoms with Crippen molar-refractivity contribution in [3.8, 4) is 0 Å². The molecule has 1 saturated heterocycles. The summed E-state index contributed by atoms with van der Waals surface area (Å²) in [6.07, 6.45) is 9.47. The van der Waals surface area contributed by atoms with Gasteiger partial charge >= 0.3 is 12.1 Å². The van der Waals surface area contributed by atoms with Crippen molar-refractivity contribution in [2.24, 2.45) is 34.0 Å². The number of hydrogen-bond donors (Lipinski definition) is 1. The van der Waals surface area contributed by atoms with Crippen LogP contribution in [0.5, 0.6) is 0 Å². The molecule has 1 heterocycles. The van der Waals surface area contributed by atoms with Crippen molar-refractivity contribution >= 4 is 12.1 Å². The van der Waals surface area contributed by atoms with Crippen molar-refractivity contribution in [1.29, 1.82) is 0 Å². The van der Waals surface area contributed by atoms with Gasteiger partial charge in [0, 0.05) is 23.9 Å². The second-order valence-corrected chi connectivity index (χ2v) is 13.6. The first kappa shape index (κ1) is 25.0. The maximum Gasteiger partial charge on any atom is 0.410 e. The molecule has 1 spiro atoms. The first-order chi connectivity index (χ1) is 17.5. The number of hydrogen-bond acceptors (Lipinski definition) is 5. The van der Waals surface area contributed by atoms with E-state index in [1.54, 1.807) is 12.1 Å². The molecule has 0 radical (unpaired) electrons. The molecule has 0 aromatic heterocycles. The maximum absolute atomic E-state index is 13.5. The number of nitrogens with zero attached hydrogens (tertiary/aromatic N) is 1. The smallest absolute Gasteiger partial charge is 0.410 e. The molecule has 6 rings (SSSR count). The summed E-state index contributed by atoms with van der Waals surface area (Å²) in [6.45, 7) is 9.11. The molecular formula is C31H41NO5. The normalized spacial score (nSPS) is 41.3. The van der Waals surface area contributed by atoms with Crippen LogP contribution in [-0.4, -0.2) is 53.0 Å². The number of aliphatic hydroxyl groups excluding tert-OH is 1. The predicted octanol–water partition coefficient (Wildman–Crippen LogP) is 5.60. The number of benzene rings is 1. The summed E-state index contributed by atoms with van der Waals surface area (Å²) in [7, 11) is 0. The lowest BCUT2D eigenvalue weighted by Gasteiger charge is -2.60. The Kier molecular flexibility index (Phi) is 5.62. The molecule has 3 saturated carbocycles. The quantitative estimate of drug-likeness (QED) is 0.424. The number of ether oxygens (including phenoxy) is 2. The number of amides is 1. The van der Waals surface area contributed by atoms with E-state index >= 15 is 0 Å². The van der Waals surface area contributed by atoms with Crippen LogP contribution in [-0.2, 0) is 9.47 Å². The summed E-state index contributed by atoms with van der Waals surface area (Å²) in [5.41, 5.74) is -0.440. The highest BCUT2D eigenvalue weighted by Crippen LogP contribution is 2.78. The third-order valence-electron chi connectivity index (χ3n) is 10.6. The van der Waals surface area contributed by atoms with E-state index in [0.717, 1.165) is 32.1 Å². The lowest BCUT2D eigenvalue weighted by Crippen LogP contribution is -2.59. The van der Waals surface area contributed by atoms with Gasteiger partial charge in [-0.25, -0.2) is 9.59 Å². The third-order valence-corrected chi connectivity index (χ3v) is 10.6. The number of rotatable bonds is 4. The van der Waals surface area contributed by atoms with Crippen LogP contribution < -0.4 is 0 Å². The fraction of sp³-hybridized carbons (Fsp3) is 0.677. The summed E-state index contributed by atoms with van der Waals surface area (Å²) in [5.74, 6) is 0.308.